The summed E-state index contributed by atoms with van der Waals surface area (Å²) in [6.45, 7) is 3.35. The molecule has 104 valence electrons. The molecule has 1 aromatic carbocycles. The van der Waals surface area contributed by atoms with Gasteiger partial charge in [0.15, 0.2) is 5.11 Å². The Morgan fingerprint density at radius 3 is 2.84 bits per heavy atom. The third-order valence-electron chi connectivity index (χ3n) is 2.47. The second kappa shape index (κ2) is 8.44. The van der Waals surface area contributed by atoms with Gasteiger partial charge in [-0.2, -0.15) is 0 Å². The van der Waals surface area contributed by atoms with Crippen LogP contribution in [-0.4, -0.2) is 31.3 Å². The predicted octanol–water partition coefficient (Wildman–Crippen LogP) is 2.24. The molecule has 1 aromatic rings. The molecule has 0 saturated heterocycles. The number of ether oxygens (including phenoxy) is 1. The number of hydrogen-bond donors (Lipinski definition) is 2. The minimum atomic E-state index is -0.192. The summed E-state index contributed by atoms with van der Waals surface area (Å²) in [5.74, 6) is -0.192. The van der Waals surface area contributed by atoms with E-state index in [4.69, 9.17) is 17.0 Å². The van der Waals surface area contributed by atoms with Gasteiger partial charge in [-0.1, -0.05) is 6.07 Å². The normalized spacial score (nSPS) is 10.1. The molecule has 0 aliphatic heterocycles. The van der Waals surface area contributed by atoms with Crippen molar-refractivity contribution < 1.29 is 9.53 Å². The number of benzene rings is 1. The Morgan fingerprint density at radius 2 is 2.21 bits per heavy atom. The number of amides is 1. The highest BCUT2D eigenvalue weighted by molar-refractivity contribution is 14.1. The molecule has 1 amide bonds. The van der Waals surface area contributed by atoms with Crippen molar-refractivity contribution in [2.45, 2.75) is 13.3 Å². The van der Waals surface area contributed by atoms with E-state index in [9.17, 15) is 4.79 Å². The van der Waals surface area contributed by atoms with Gasteiger partial charge >= 0.3 is 0 Å². The van der Waals surface area contributed by atoms with Crippen molar-refractivity contribution in [3.8, 4) is 0 Å². The van der Waals surface area contributed by atoms with Crippen molar-refractivity contribution in [2.75, 3.05) is 20.3 Å². The molecule has 6 heteroatoms. The number of nitrogens with one attached hydrogen (secondary N) is 2. The summed E-state index contributed by atoms with van der Waals surface area (Å²) in [6, 6.07) is 5.56. The van der Waals surface area contributed by atoms with E-state index in [0.717, 1.165) is 15.6 Å². The maximum Gasteiger partial charge on any atom is 0.257 e. The topological polar surface area (TPSA) is 50.4 Å². The largest absolute Gasteiger partial charge is 0.385 e. The van der Waals surface area contributed by atoms with Crippen molar-refractivity contribution in [1.82, 2.24) is 10.6 Å². The quantitative estimate of drug-likeness (QED) is 0.459. The summed E-state index contributed by atoms with van der Waals surface area (Å²) in [4.78, 5) is 11.9. The first-order valence-corrected chi connectivity index (χ1v) is 7.37. The number of halogens is 1. The van der Waals surface area contributed by atoms with Crippen molar-refractivity contribution in [3.05, 3.63) is 32.9 Å². The molecule has 0 saturated carbocycles. The Kier molecular flexibility index (Phi) is 7.25. The summed E-state index contributed by atoms with van der Waals surface area (Å²) in [5.41, 5.74) is 1.76. The number of carbonyl (C=O) groups excluding carboxylic acids is 1. The van der Waals surface area contributed by atoms with E-state index in [0.29, 0.717) is 23.8 Å². The average Bonchev–Trinajstić information content (AvgIpc) is 2.38. The number of rotatable bonds is 5. The molecule has 0 aromatic heterocycles. The van der Waals surface area contributed by atoms with Gasteiger partial charge in [0.05, 0.1) is 0 Å². The number of aryl methyl sites for hydroxylation is 1. The second-order valence-electron chi connectivity index (χ2n) is 4.02. The van der Waals surface area contributed by atoms with Crippen molar-refractivity contribution in [3.63, 3.8) is 0 Å². The first-order valence-electron chi connectivity index (χ1n) is 5.89. The van der Waals surface area contributed by atoms with E-state index < -0.39 is 0 Å². The Balaban J connectivity index is 2.45. The standard InChI is InChI=1S/C13H17IN2O2S/c1-9-4-5-10(8-11(9)14)12(17)16-13(19)15-6-3-7-18-2/h4-5,8H,3,6-7H2,1-2H3,(H2,15,16,17,19). The van der Waals surface area contributed by atoms with Gasteiger partial charge in [0, 0.05) is 29.4 Å². The lowest BCUT2D eigenvalue weighted by molar-refractivity contribution is 0.0976. The zero-order valence-corrected chi connectivity index (χ0v) is 13.9. The summed E-state index contributed by atoms with van der Waals surface area (Å²) in [7, 11) is 1.65. The minimum Gasteiger partial charge on any atom is -0.385 e. The molecule has 1 rings (SSSR count). The molecular weight excluding hydrogens is 375 g/mol. The Morgan fingerprint density at radius 1 is 1.47 bits per heavy atom. The summed E-state index contributed by atoms with van der Waals surface area (Å²) < 4.78 is 5.99. The van der Waals surface area contributed by atoms with Gasteiger partial charge in [-0.3, -0.25) is 10.1 Å². The molecule has 0 unspecified atom stereocenters. The van der Waals surface area contributed by atoms with E-state index in [2.05, 4.69) is 33.2 Å². The first kappa shape index (κ1) is 16.3. The number of methoxy groups -OCH3 is 1. The zero-order chi connectivity index (χ0) is 14.3. The zero-order valence-electron chi connectivity index (χ0n) is 11.0. The van der Waals surface area contributed by atoms with Crippen LogP contribution in [0.2, 0.25) is 0 Å². The van der Waals surface area contributed by atoms with E-state index in [1.807, 2.05) is 19.1 Å². The maximum atomic E-state index is 11.9. The van der Waals surface area contributed by atoms with Crippen LogP contribution in [0.4, 0.5) is 0 Å². The van der Waals surface area contributed by atoms with E-state index in [1.165, 1.54) is 0 Å². The first-order chi connectivity index (χ1) is 9.04. The molecule has 0 fully saturated rings. The Bertz CT molecular complexity index is 466. The van der Waals surface area contributed by atoms with Crippen molar-refractivity contribution in [1.29, 1.82) is 0 Å². The molecule has 0 radical (unpaired) electrons. The number of thiocarbonyl (C=S) groups is 1. The highest BCUT2D eigenvalue weighted by atomic mass is 127. The lowest BCUT2D eigenvalue weighted by Gasteiger charge is -2.09. The van der Waals surface area contributed by atoms with Crippen LogP contribution in [0.15, 0.2) is 18.2 Å². The Hall–Kier alpha value is -0.730. The van der Waals surface area contributed by atoms with E-state index >= 15 is 0 Å². The van der Waals surface area contributed by atoms with Crippen molar-refractivity contribution >= 4 is 45.8 Å². The lowest BCUT2D eigenvalue weighted by Crippen LogP contribution is -2.39. The highest BCUT2D eigenvalue weighted by Gasteiger charge is 2.08. The maximum absolute atomic E-state index is 11.9. The lowest BCUT2D eigenvalue weighted by atomic mass is 10.1. The van der Waals surface area contributed by atoms with Gasteiger partial charge in [0.1, 0.15) is 0 Å². The van der Waals surface area contributed by atoms with Crippen LogP contribution in [0.1, 0.15) is 22.3 Å². The molecule has 0 heterocycles. The van der Waals surface area contributed by atoms with Gasteiger partial charge in [-0.05, 0) is 65.8 Å². The van der Waals surface area contributed by atoms with Crippen LogP contribution in [-0.2, 0) is 4.74 Å². The Labute approximate surface area is 132 Å². The summed E-state index contributed by atoms with van der Waals surface area (Å²) >= 11 is 7.26. The average molecular weight is 392 g/mol. The fourth-order valence-corrected chi connectivity index (χ4v) is 2.08. The molecule has 0 aliphatic carbocycles. The van der Waals surface area contributed by atoms with Gasteiger partial charge in [-0.15, -0.1) is 0 Å². The van der Waals surface area contributed by atoms with Gasteiger partial charge < -0.3 is 10.1 Å². The monoisotopic (exact) mass is 392 g/mol. The number of hydrogen-bond acceptors (Lipinski definition) is 3. The van der Waals surface area contributed by atoms with Crippen LogP contribution in [0, 0.1) is 10.5 Å². The van der Waals surface area contributed by atoms with Gasteiger partial charge in [0.25, 0.3) is 5.91 Å². The fourth-order valence-electron chi connectivity index (χ4n) is 1.37. The molecule has 0 aliphatic rings. The molecule has 4 nitrogen and oxygen atoms in total. The SMILES string of the molecule is COCCCNC(=S)NC(=O)c1ccc(C)c(I)c1. The molecule has 0 bridgehead atoms. The summed E-state index contributed by atoms with van der Waals surface area (Å²) in [6.07, 6.45) is 0.842. The molecule has 2 N–H and O–H groups in total. The predicted molar refractivity (Wildman–Crippen MR) is 88.5 cm³/mol. The minimum absolute atomic E-state index is 0.192. The summed E-state index contributed by atoms with van der Waals surface area (Å²) in [5, 5.41) is 5.96. The molecule has 19 heavy (non-hydrogen) atoms. The third-order valence-corrected chi connectivity index (χ3v) is 3.88. The van der Waals surface area contributed by atoms with Crippen LogP contribution in [0.5, 0.6) is 0 Å². The van der Waals surface area contributed by atoms with Crippen molar-refractivity contribution in [2.24, 2.45) is 0 Å². The van der Waals surface area contributed by atoms with Crippen LogP contribution < -0.4 is 10.6 Å². The van der Waals surface area contributed by atoms with Crippen LogP contribution >= 0.6 is 34.8 Å². The van der Waals surface area contributed by atoms with E-state index in [1.54, 1.807) is 13.2 Å². The van der Waals surface area contributed by atoms with E-state index in [-0.39, 0.29) is 5.91 Å². The molecule has 0 spiro atoms. The highest BCUT2D eigenvalue weighted by Crippen LogP contribution is 2.13. The molecule has 0 atom stereocenters. The number of carbonyl (C=O) groups is 1. The fraction of sp³-hybridized carbons (Fsp3) is 0.385. The van der Waals surface area contributed by atoms with Crippen LogP contribution in [0.25, 0.3) is 0 Å². The van der Waals surface area contributed by atoms with Gasteiger partial charge in [0.2, 0.25) is 0 Å². The molecular formula is C13H17IN2O2S. The smallest absolute Gasteiger partial charge is 0.257 e. The third kappa shape index (κ3) is 5.84. The second-order valence-corrected chi connectivity index (χ2v) is 5.59. The van der Waals surface area contributed by atoms with Gasteiger partial charge in [-0.25, -0.2) is 0 Å². The van der Waals surface area contributed by atoms with Crippen LogP contribution in [0.3, 0.4) is 0 Å².